The van der Waals surface area contributed by atoms with E-state index in [9.17, 15) is 0 Å². The minimum absolute atomic E-state index is 0.880. The van der Waals surface area contributed by atoms with Crippen molar-refractivity contribution in [1.82, 2.24) is 5.32 Å². The molecule has 3 aromatic rings. The van der Waals surface area contributed by atoms with Crippen molar-refractivity contribution < 1.29 is 0 Å². The van der Waals surface area contributed by atoms with Crippen LogP contribution in [0.25, 0.3) is 11.1 Å². The molecule has 4 rings (SSSR count). The molecule has 124 valence electrons. The van der Waals surface area contributed by atoms with Crippen molar-refractivity contribution >= 4 is 5.84 Å². The highest BCUT2D eigenvalue weighted by molar-refractivity contribution is 6.01. The summed E-state index contributed by atoms with van der Waals surface area (Å²) in [5.74, 6) is 1.05. The van der Waals surface area contributed by atoms with Gasteiger partial charge in [0.05, 0.1) is 6.54 Å². The number of aryl methyl sites for hydroxylation is 2. The van der Waals surface area contributed by atoms with Crippen LogP contribution in [-0.4, -0.2) is 18.9 Å². The lowest BCUT2D eigenvalue weighted by atomic mass is 9.97. The van der Waals surface area contributed by atoms with E-state index < -0.39 is 0 Å². The molecule has 2 heteroatoms. The summed E-state index contributed by atoms with van der Waals surface area (Å²) >= 11 is 0. The number of hydrogen-bond acceptors (Lipinski definition) is 2. The Morgan fingerprint density at radius 2 is 1.44 bits per heavy atom. The van der Waals surface area contributed by atoms with Gasteiger partial charge < -0.3 is 5.32 Å². The van der Waals surface area contributed by atoms with Gasteiger partial charge in [0.15, 0.2) is 0 Å². The third kappa shape index (κ3) is 3.63. The van der Waals surface area contributed by atoms with Gasteiger partial charge in [-0.3, -0.25) is 4.99 Å². The monoisotopic (exact) mass is 326 g/mol. The fourth-order valence-electron chi connectivity index (χ4n) is 3.32. The summed E-state index contributed by atoms with van der Waals surface area (Å²) in [6.45, 7) is 1.83. The molecular weight excluding hydrogens is 304 g/mol. The van der Waals surface area contributed by atoms with Crippen LogP contribution in [0.3, 0.4) is 0 Å². The van der Waals surface area contributed by atoms with Crippen LogP contribution in [0.1, 0.15) is 16.7 Å². The van der Waals surface area contributed by atoms with E-state index in [1.165, 1.54) is 27.8 Å². The molecule has 0 aliphatic carbocycles. The molecule has 0 aromatic heterocycles. The molecular formula is C23H22N2. The van der Waals surface area contributed by atoms with Gasteiger partial charge in [0, 0.05) is 12.1 Å². The maximum Gasteiger partial charge on any atom is 0.128 e. The van der Waals surface area contributed by atoms with Gasteiger partial charge in [0.2, 0.25) is 0 Å². The largest absolute Gasteiger partial charge is 0.368 e. The summed E-state index contributed by atoms with van der Waals surface area (Å²) in [6, 6.07) is 28.1. The molecule has 2 nitrogen and oxygen atoms in total. The lowest BCUT2D eigenvalue weighted by Crippen LogP contribution is -2.21. The Labute approximate surface area is 149 Å². The predicted octanol–water partition coefficient (Wildman–Crippen LogP) is 4.49. The smallest absolute Gasteiger partial charge is 0.128 e. The standard InChI is InChI=1S/C23H22N2/c1-2-6-19(7-3-1)20-13-10-18(11-14-20)12-15-21-8-4-5-9-22(21)23-24-16-17-25-23/h1-11,13-14H,12,15-17H2,(H,24,25). The minimum Gasteiger partial charge on any atom is -0.368 e. The summed E-state index contributed by atoms with van der Waals surface area (Å²) < 4.78 is 0. The molecule has 1 aliphatic heterocycles. The lowest BCUT2D eigenvalue weighted by molar-refractivity contribution is 0.946. The van der Waals surface area contributed by atoms with Gasteiger partial charge in [-0.05, 0) is 35.1 Å². The highest BCUT2D eigenvalue weighted by Gasteiger charge is 2.11. The summed E-state index contributed by atoms with van der Waals surface area (Å²) in [5.41, 5.74) is 6.53. The molecule has 1 aliphatic rings. The van der Waals surface area contributed by atoms with Crippen LogP contribution < -0.4 is 5.32 Å². The Kier molecular flexibility index (Phi) is 4.60. The minimum atomic E-state index is 0.880. The zero-order valence-electron chi connectivity index (χ0n) is 14.3. The number of nitrogens with zero attached hydrogens (tertiary/aromatic N) is 1. The third-order valence-corrected chi connectivity index (χ3v) is 4.69. The van der Waals surface area contributed by atoms with E-state index in [0.717, 1.165) is 31.8 Å². The topological polar surface area (TPSA) is 24.4 Å². The first-order valence-corrected chi connectivity index (χ1v) is 8.91. The van der Waals surface area contributed by atoms with Crippen LogP contribution in [0.15, 0.2) is 83.9 Å². The van der Waals surface area contributed by atoms with Gasteiger partial charge in [-0.15, -0.1) is 0 Å². The van der Waals surface area contributed by atoms with E-state index in [0.29, 0.717) is 0 Å². The van der Waals surface area contributed by atoms with Crippen LogP contribution in [0.4, 0.5) is 0 Å². The van der Waals surface area contributed by atoms with Crippen molar-refractivity contribution in [2.24, 2.45) is 4.99 Å². The van der Waals surface area contributed by atoms with Crippen LogP contribution in [0, 0.1) is 0 Å². The quantitative estimate of drug-likeness (QED) is 0.734. The van der Waals surface area contributed by atoms with Crippen molar-refractivity contribution in [3.05, 3.63) is 95.6 Å². The van der Waals surface area contributed by atoms with E-state index in [2.05, 4.69) is 89.2 Å². The molecule has 0 spiro atoms. The second-order valence-corrected chi connectivity index (χ2v) is 6.38. The Bertz CT molecular complexity index is 864. The molecule has 0 atom stereocenters. The van der Waals surface area contributed by atoms with Crippen LogP contribution >= 0.6 is 0 Å². The van der Waals surface area contributed by atoms with E-state index in [1.54, 1.807) is 0 Å². The number of aliphatic imine (C=N–C) groups is 1. The SMILES string of the molecule is c1ccc(-c2ccc(CCc3ccccc3C3=NCCN3)cc2)cc1. The number of rotatable bonds is 5. The maximum absolute atomic E-state index is 4.57. The average Bonchev–Trinajstić information content (AvgIpc) is 3.22. The summed E-state index contributed by atoms with van der Waals surface area (Å²) in [4.78, 5) is 4.57. The van der Waals surface area contributed by atoms with Gasteiger partial charge >= 0.3 is 0 Å². The second kappa shape index (κ2) is 7.35. The molecule has 25 heavy (non-hydrogen) atoms. The molecule has 1 heterocycles. The van der Waals surface area contributed by atoms with Gasteiger partial charge in [-0.1, -0.05) is 78.9 Å². The molecule has 0 unspecified atom stereocenters. The fourth-order valence-corrected chi connectivity index (χ4v) is 3.32. The van der Waals surface area contributed by atoms with Gasteiger partial charge in [-0.25, -0.2) is 0 Å². The summed E-state index contributed by atoms with van der Waals surface area (Å²) in [7, 11) is 0. The fraction of sp³-hybridized carbons (Fsp3) is 0.174. The van der Waals surface area contributed by atoms with E-state index in [1.807, 2.05) is 0 Å². The van der Waals surface area contributed by atoms with E-state index >= 15 is 0 Å². The van der Waals surface area contributed by atoms with Crippen molar-refractivity contribution in [1.29, 1.82) is 0 Å². The van der Waals surface area contributed by atoms with Gasteiger partial charge in [-0.2, -0.15) is 0 Å². The molecule has 0 radical (unpaired) electrons. The highest BCUT2D eigenvalue weighted by atomic mass is 15.1. The first-order valence-electron chi connectivity index (χ1n) is 8.91. The Balaban J connectivity index is 1.47. The van der Waals surface area contributed by atoms with Crippen molar-refractivity contribution in [3.8, 4) is 11.1 Å². The first kappa shape index (κ1) is 15.6. The van der Waals surface area contributed by atoms with E-state index in [4.69, 9.17) is 0 Å². The predicted molar refractivity (Wildman–Crippen MR) is 105 cm³/mol. The van der Waals surface area contributed by atoms with Gasteiger partial charge in [0.1, 0.15) is 5.84 Å². The molecule has 1 N–H and O–H groups in total. The zero-order chi connectivity index (χ0) is 16.9. The Hall–Kier alpha value is -2.87. The first-order chi connectivity index (χ1) is 12.4. The zero-order valence-corrected chi connectivity index (χ0v) is 14.3. The van der Waals surface area contributed by atoms with Crippen LogP contribution in [0.2, 0.25) is 0 Å². The van der Waals surface area contributed by atoms with E-state index in [-0.39, 0.29) is 0 Å². The Morgan fingerprint density at radius 1 is 0.720 bits per heavy atom. The maximum atomic E-state index is 4.57. The molecule has 0 amide bonds. The van der Waals surface area contributed by atoms with Crippen LogP contribution in [-0.2, 0) is 12.8 Å². The number of amidine groups is 1. The molecule has 0 saturated heterocycles. The van der Waals surface area contributed by atoms with Crippen molar-refractivity contribution in [2.45, 2.75) is 12.8 Å². The highest BCUT2D eigenvalue weighted by Crippen LogP contribution is 2.20. The normalized spacial score (nSPS) is 13.4. The lowest BCUT2D eigenvalue weighted by Gasteiger charge is -2.10. The number of hydrogen-bond donors (Lipinski definition) is 1. The third-order valence-electron chi connectivity index (χ3n) is 4.69. The number of nitrogens with one attached hydrogen (secondary N) is 1. The van der Waals surface area contributed by atoms with Crippen LogP contribution in [0.5, 0.6) is 0 Å². The average molecular weight is 326 g/mol. The van der Waals surface area contributed by atoms with Gasteiger partial charge in [0.25, 0.3) is 0 Å². The Morgan fingerprint density at radius 3 is 2.20 bits per heavy atom. The molecule has 0 saturated carbocycles. The van der Waals surface area contributed by atoms with Crippen molar-refractivity contribution in [3.63, 3.8) is 0 Å². The van der Waals surface area contributed by atoms with Crippen molar-refractivity contribution in [2.75, 3.05) is 13.1 Å². The summed E-state index contributed by atoms with van der Waals surface area (Å²) in [6.07, 6.45) is 2.07. The molecule has 0 bridgehead atoms. The summed E-state index contributed by atoms with van der Waals surface area (Å²) in [5, 5.41) is 3.39. The number of benzene rings is 3. The molecule has 0 fully saturated rings. The second-order valence-electron chi connectivity index (χ2n) is 6.38. The molecule has 3 aromatic carbocycles.